The summed E-state index contributed by atoms with van der Waals surface area (Å²) in [6.07, 6.45) is 2.84. The molecule has 0 aromatic rings. The minimum atomic E-state index is -1.23. The van der Waals surface area contributed by atoms with Crippen LogP contribution in [0.1, 0.15) is 46.5 Å². The minimum absolute atomic E-state index is 0. The molecular formula is C11H26O5Zr. The van der Waals surface area contributed by atoms with Crippen LogP contribution in [0.4, 0.5) is 0 Å². The number of hydrogen-bond donors (Lipinski definition) is 4. The Morgan fingerprint density at radius 1 is 1.06 bits per heavy atom. The molecule has 0 rings (SSSR count). The predicted molar refractivity (Wildman–Crippen MR) is 63.3 cm³/mol. The monoisotopic (exact) mass is 328 g/mol. The van der Waals surface area contributed by atoms with Gasteiger partial charge in [-0.3, -0.25) is 0 Å². The van der Waals surface area contributed by atoms with Crippen molar-refractivity contribution in [3.05, 3.63) is 0 Å². The molecule has 0 radical (unpaired) electrons. The molecule has 104 valence electrons. The number of carboxylic acids is 1. The molecular weight excluding hydrogens is 303 g/mol. The van der Waals surface area contributed by atoms with Gasteiger partial charge in [0.05, 0.1) is 0 Å². The van der Waals surface area contributed by atoms with Gasteiger partial charge in [-0.05, 0) is 19.8 Å². The SMILES string of the molecule is CC(O)C(=O)O.CCCCO.CCCCO.[Zr]. The first-order valence-corrected chi connectivity index (χ1v) is 5.60. The van der Waals surface area contributed by atoms with Gasteiger partial charge in [0, 0.05) is 39.4 Å². The van der Waals surface area contributed by atoms with Gasteiger partial charge in [0.1, 0.15) is 6.10 Å². The van der Waals surface area contributed by atoms with E-state index in [1.165, 1.54) is 6.92 Å². The van der Waals surface area contributed by atoms with Crippen LogP contribution in [-0.2, 0) is 31.0 Å². The van der Waals surface area contributed by atoms with Crippen molar-refractivity contribution in [2.24, 2.45) is 0 Å². The second-order valence-electron chi connectivity index (χ2n) is 3.17. The van der Waals surface area contributed by atoms with Crippen molar-refractivity contribution in [2.45, 2.75) is 52.6 Å². The summed E-state index contributed by atoms with van der Waals surface area (Å²) in [6, 6.07) is 0. The van der Waals surface area contributed by atoms with E-state index in [1.807, 2.05) is 0 Å². The zero-order chi connectivity index (χ0) is 13.4. The maximum atomic E-state index is 9.45. The van der Waals surface area contributed by atoms with Gasteiger partial charge in [-0.15, -0.1) is 0 Å². The summed E-state index contributed by atoms with van der Waals surface area (Å²) in [7, 11) is 0. The molecule has 5 nitrogen and oxygen atoms in total. The number of aliphatic hydroxyl groups is 3. The summed E-state index contributed by atoms with van der Waals surface area (Å²) in [5.74, 6) is -1.19. The van der Waals surface area contributed by atoms with Crippen molar-refractivity contribution < 1.29 is 51.4 Å². The number of hydrogen-bond acceptors (Lipinski definition) is 4. The largest absolute Gasteiger partial charge is 0.479 e. The molecule has 0 aliphatic carbocycles. The third-order valence-corrected chi connectivity index (χ3v) is 1.38. The maximum absolute atomic E-state index is 9.45. The average Bonchev–Trinajstić information content (AvgIpc) is 2.22. The zero-order valence-electron chi connectivity index (χ0n) is 11.0. The minimum Gasteiger partial charge on any atom is -0.479 e. The van der Waals surface area contributed by atoms with E-state index in [4.69, 9.17) is 20.4 Å². The zero-order valence-corrected chi connectivity index (χ0v) is 13.5. The van der Waals surface area contributed by atoms with Crippen LogP contribution in [0.25, 0.3) is 0 Å². The van der Waals surface area contributed by atoms with Crippen LogP contribution in [-0.4, -0.2) is 45.7 Å². The van der Waals surface area contributed by atoms with E-state index in [0.29, 0.717) is 13.2 Å². The average molecular weight is 330 g/mol. The van der Waals surface area contributed by atoms with E-state index in [-0.39, 0.29) is 26.2 Å². The molecule has 17 heavy (non-hydrogen) atoms. The summed E-state index contributed by atoms with van der Waals surface area (Å²) < 4.78 is 0. The number of rotatable bonds is 5. The first-order valence-electron chi connectivity index (χ1n) is 5.60. The first kappa shape index (κ1) is 25.9. The van der Waals surface area contributed by atoms with E-state index in [1.54, 1.807) is 0 Å². The predicted octanol–water partition coefficient (Wildman–Crippen LogP) is 1.01. The van der Waals surface area contributed by atoms with Gasteiger partial charge in [0.25, 0.3) is 0 Å². The van der Waals surface area contributed by atoms with Gasteiger partial charge in [0.2, 0.25) is 0 Å². The standard InChI is InChI=1S/2C4H10O.C3H6O3.Zr/c2*1-2-3-4-5;1-2(4)3(5)6;/h2*5H,2-4H2,1H3;2,4H,1H3,(H,5,6);. The summed E-state index contributed by atoms with van der Waals surface area (Å²) in [6.45, 7) is 5.99. The Balaban J connectivity index is -0.0000000729. The Bertz CT molecular complexity index is 121. The molecule has 0 fully saturated rings. The van der Waals surface area contributed by atoms with Crippen LogP contribution in [0.15, 0.2) is 0 Å². The van der Waals surface area contributed by atoms with Crippen molar-refractivity contribution in [3.63, 3.8) is 0 Å². The van der Waals surface area contributed by atoms with Crippen molar-refractivity contribution in [1.29, 1.82) is 0 Å². The fourth-order valence-corrected chi connectivity index (χ4v) is 0.316. The first-order chi connectivity index (χ1) is 7.47. The molecule has 1 unspecified atom stereocenters. The van der Waals surface area contributed by atoms with Gasteiger partial charge in [-0.25, -0.2) is 4.79 Å². The molecule has 0 aromatic heterocycles. The van der Waals surface area contributed by atoms with Crippen molar-refractivity contribution in [1.82, 2.24) is 0 Å². The number of carboxylic acid groups (broad SMARTS) is 1. The molecule has 0 spiro atoms. The maximum Gasteiger partial charge on any atom is 0.332 e. The molecule has 0 amide bonds. The van der Waals surface area contributed by atoms with Crippen molar-refractivity contribution in [3.8, 4) is 0 Å². The summed E-state index contributed by atoms with van der Waals surface area (Å²) in [4.78, 5) is 9.45. The van der Waals surface area contributed by atoms with Gasteiger partial charge in [-0.1, -0.05) is 26.7 Å². The Hall–Kier alpha value is 0.233. The Kier molecular flexibility index (Phi) is 38.4. The molecule has 0 saturated carbocycles. The van der Waals surface area contributed by atoms with E-state index >= 15 is 0 Å². The van der Waals surface area contributed by atoms with Crippen LogP contribution < -0.4 is 0 Å². The second-order valence-corrected chi connectivity index (χ2v) is 3.17. The fourth-order valence-electron chi connectivity index (χ4n) is 0.316. The fraction of sp³-hybridized carbons (Fsp3) is 0.909. The summed E-state index contributed by atoms with van der Waals surface area (Å²) >= 11 is 0. The van der Waals surface area contributed by atoms with Crippen molar-refractivity contribution >= 4 is 5.97 Å². The van der Waals surface area contributed by atoms with E-state index in [0.717, 1.165) is 25.7 Å². The van der Waals surface area contributed by atoms with E-state index in [9.17, 15) is 4.79 Å². The third-order valence-electron chi connectivity index (χ3n) is 1.38. The van der Waals surface area contributed by atoms with Crippen LogP contribution in [0.3, 0.4) is 0 Å². The molecule has 0 aromatic carbocycles. The quantitative estimate of drug-likeness (QED) is 0.603. The molecule has 6 heteroatoms. The van der Waals surface area contributed by atoms with Crippen LogP contribution in [0.2, 0.25) is 0 Å². The number of aliphatic carboxylic acids is 1. The van der Waals surface area contributed by atoms with Crippen LogP contribution in [0.5, 0.6) is 0 Å². The number of carbonyl (C=O) groups is 1. The molecule has 0 aliphatic rings. The molecule has 0 bridgehead atoms. The smallest absolute Gasteiger partial charge is 0.332 e. The van der Waals surface area contributed by atoms with Gasteiger partial charge in [-0.2, -0.15) is 0 Å². The van der Waals surface area contributed by atoms with E-state index in [2.05, 4.69) is 13.8 Å². The summed E-state index contributed by atoms with van der Waals surface area (Å²) in [5, 5.41) is 31.9. The Morgan fingerprint density at radius 2 is 1.29 bits per heavy atom. The molecule has 0 heterocycles. The number of aliphatic hydroxyl groups excluding tert-OH is 3. The van der Waals surface area contributed by atoms with E-state index < -0.39 is 12.1 Å². The second kappa shape index (κ2) is 25.2. The Morgan fingerprint density at radius 3 is 1.29 bits per heavy atom. The van der Waals surface area contributed by atoms with Gasteiger partial charge in [0.15, 0.2) is 0 Å². The van der Waals surface area contributed by atoms with Crippen molar-refractivity contribution in [2.75, 3.05) is 13.2 Å². The topological polar surface area (TPSA) is 98.0 Å². The molecule has 0 aliphatic heterocycles. The molecule has 0 saturated heterocycles. The Labute approximate surface area is 123 Å². The molecule has 1 atom stereocenters. The normalized spacial score (nSPS) is 9.76. The van der Waals surface area contributed by atoms with Crippen LogP contribution in [0, 0.1) is 0 Å². The van der Waals surface area contributed by atoms with Gasteiger partial charge < -0.3 is 20.4 Å². The third kappa shape index (κ3) is 48.5. The van der Waals surface area contributed by atoms with Gasteiger partial charge >= 0.3 is 5.97 Å². The van der Waals surface area contributed by atoms with Crippen LogP contribution >= 0.6 is 0 Å². The summed E-state index contributed by atoms with van der Waals surface area (Å²) in [5.41, 5.74) is 0. The molecule has 4 N–H and O–H groups in total. The number of unbranched alkanes of at least 4 members (excludes halogenated alkanes) is 2.